The van der Waals surface area contributed by atoms with E-state index in [-0.39, 0.29) is 17.0 Å². The fraction of sp³-hybridized carbons (Fsp3) is 0.333. The molecule has 166 valence electrons. The van der Waals surface area contributed by atoms with Gasteiger partial charge in [0.25, 0.3) is 5.91 Å². The summed E-state index contributed by atoms with van der Waals surface area (Å²) in [6.07, 6.45) is -4.69. The number of aryl methyl sites for hydroxylation is 1. The van der Waals surface area contributed by atoms with Gasteiger partial charge in [-0.15, -0.1) is 5.10 Å². The molecule has 10 heteroatoms. The van der Waals surface area contributed by atoms with E-state index in [0.29, 0.717) is 22.6 Å². The number of rotatable bonds is 4. The topological polar surface area (TPSA) is 104 Å². The zero-order valence-corrected chi connectivity index (χ0v) is 17.4. The number of halogens is 3. The molecule has 1 aliphatic heterocycles. The summed E-state index contributed by atoms with van der Waals surface area (Å²) in [6, 6.07) is 7.37. The molecule has 0 bridgehead atoms. The second-order valence-electron chi connectivity index (χ2n) is 7.84. The summed E-state index contributed by atoms with van der Waals surface area (Å²) in [4.78, 5) is 12.9. The molecule has 3 rings (SSSR count). The van der Waals surface area contributed by atoms with E-state index in [1.54, 1.807) is 19.9 Å². The number of aliphatic hydroxyl groups excluding tert-OH is 1. The minimum atomic E-state index is -4.47. The number of nitrogens with zero attached hydrogens (tertiary/aromatic N) is 3. The van der Waals surface area contributed by atoms with E-state index in [9.17, 15) is 28.2 Å². The van der Waals surface area contributed by atoms with E-state index in [1.807, 2.05) is 0 Å². The lowest BCUT2D eigenvalue weighted by atomic mass is 10.0. The van der Waals surface area contributed by atoms with E-state index < -0.39 is 23.9 Å². The lowest BCUT2D eigenvalue weighted by molar-refractivity contribution is -0.203. The molecule has 0 saturated heterocycles. The van der Waals surface area contributed by atoms with Crippen molar-refractivity contribution in [2.75, 3.05) is 5.01 Å². The molecule has 0 fully saturated rings. The Balaban J connectivity index is 1.98. The molecule has 0 unspecified atom stereocenters. The first-order valence-electron chi connectivity index (χ1n) is 9.38. The summed E-state index contributed by atoms with van der Waals surface area (Å²) < 4.78 is 41.9. The van der Waals surface area contributed by atoms with Crippen LogP contribution in [0.15, 0.2) is 41.0 Å². The van der Waals surface area contributed by atoms with Crippen LogP contribution in [0.1, 0.15) is 42.7 Å². The highest BCUT2D eigenvalue weighted by Crippen LogP contribution is 2.39. The Morgan fingerprint density at radius 3 is 2.23 bits per heavy atom. The third-order valence-electron chi connectivity index (χ3n) is 5.37. The van der Waals surface area contributed by atoms with Gasteiger partial charge < -0.3 is 20.5 Å². The van der Waals surface area contributed by atoms with Crippen molar-refractivity contribution in [3.8, 4) is 0 Å². The molecule has 7 nitrogen and oxygen atoms in total. The van der Waals surface area contributed by atoms with Crippen LogP contribution in [0.4, 0.5) is 18.9 Å². The minimum Gasteiger partial charge on any atom is -0.382 e. The number of carbonyl (C=O) groups is 1. The zero-order valence-electron chi connectivity index (χ0n) is 17.4. The van der Waals surface area contributed by atoms with Crippen molar-refractivity contribution in [1.82, 2.24) is 4.57 Å². The highest BCUT2D eigenvalue weighted by atomic mass is 19.4. The van der Waals surface area contributed by atoms with Gasteiger partial charge in [0.05, 0.1) is 11.3 Å². The number of carbonyl (C=O) groups excluding carboxylic acids is 1. The zero-order chi connectivity index (χ0) is 23.3. The summed E-state index contributed by atoms with van der Waals surface area (Å²) in [5.74, 6) is -0.620. The molecule has 31 heavy (non-hydrogen) atoms. The van der Waals surface area contributed by atoms with Crippen molar-refractivity contribution in [1.29, 1.82) is 0 Å². The maximum Gasteiger partial charge on any atom is 0.411 e. The van der Waals surface area contributed by atoms with Crippen molar-refractivity contribution in [2.45, 2.75) is 45.7 Å². The van der Waals surface area contributed by atoms with Crippen LogP contribution in [-0.4, -0.2) is 32.7 Å². The Hall–Kier alpha value is -3.11. The van der Waals surface area contributed by atoms with Crippen molar-refractivity contribution < 1.29 is 28.2 Å². The number of anilines is 1. The average Bonchev–Trinajstić information content (AvgIpc) is 3.11. The van der Waals surface area contributed by atoms with E-state index in [0.717, 1.165) is 18.9 Å². The molecule has 0 saturated carbocycles. The number of amidine groups is 1. The molecule has 4 N–H and O–H groups in total. The Bertz CT molecular complexity index is 1080. The monoisotopic (exact) mass is 436 g/mol. The molecule has 1 amide bonds. The van der Waals surface area contributed by atoms with Gasteiger partial charge in [-0.2, -0.15) is 18.2 Å². The normalized spacial score (nSPS) is 16.6. The minimum absolute atomic E-state index is 0.0522. The third-order valence-corrected chi connectivity index (χ3v) is 5.37. The van der Waals surface area contributed by atoms with Crippen LogP contribution in [0.25, 0.3) is 6.08 Å². The first kappa shape index (κ1) is 22.6. The summed E-state index contributed by atoms with van der Waals surface area (Å²) in [6.45, 7) is 5.31. The third kappa shape index (κ3) is 3.84. The van der Waals surface area contributed by atoms with E-state index in [2.05, 4.69) is 5.10 Å². The predicted octanol–water partition coefficient (Wildman–Crippen LogP) is 3.09. The van der Waals surface area contributed by atoms with E-state index in [1.165, 1.54) is 34.9 Å². The van der Waals surface area contributed by atoms with Gasteiger partial charge >= 0.3 is 6.18 Å². The standard InChI is InChI=1S/C21H23F3N4O3/c1-11-9-14(12(2)27(11)20(3,4)21(22,23)24)10-16-17(25)26-28(18(16)29)15-7-5-13(6-8-15)19(30)31/h5-10,19,30-31H,1-4H3,(H2,25,26). The molecular weight excluding hydrogens is 413 g/mol. The fourth-order valence-electron chi connectivity index (χ4n) is 3.61. The van der Waals surface area contributed by atoms with Crippen LogP contribution in [0.3, 0.4) is 0 Å². The number of aromatic nitrogens is 1. The van der Waals surface area contributed by atoms with Crippen molar-refractivity contribution in [2.24, 2.45) is 10.8 Å². The van der Waals surface area contributed by atoms with Crippen LogP contribution >= 0.6 is 0 Å². The Labute approximate surface area is 176 Å². The summed E-state index contributed by atoms with van der Waals surface area (Å²) in [7, 11) is 0. The van der Waals surface area contributed by atoms with Crippen LogP contribution in [0.5, 0.6) is 0 Å². The number of hydrazone groups is 1. The van der Waals surface area contributed by atoms with Crippen LogP contribution in [0, 0.1) is 13.8 Å². The molecule has 1 aromatic carbocycles. The van der Waals surface area contributed by atoms with Crippen molar-refractivity contribution in [3.05, 3.63) is 58.4 Å². The first-order valence-corrected chi connectivity index (χ1v) is 9.38. The van der Waals surface area contributed by atoms with Gasteiger partial charge in [-0.1, -0.05) is 12.1 Å². The van der Waals surface area contributed by atoms with Gasteiger partial charge in [0, 0.05) is 17.0 Å². The SMILES string of the molecule is Cc1cc(C=C2C(=O)N(c3ccc(C(O)O)cc3)N=C2N)c(C)n1C(C)(C)C(F)(F)F. The molecule has 2 aromatic rings. The summed E-state index contributed by atoms with van der Waals surface area (Å²) >= 11 is 0. The Kier molecular flexibility index (Phi) is 5.49. The molecule has 1 aromatic heterocycles. The Morgan fingerprint density at radius 1 is 1.13 bits per heavy atom. The quantitative estimate of drug-likeness (QED) is 0.506. The molecule has 0 radical (unpaired) electrons. The molecule has 0 atom stereocenters. The van der Waals surface area contributed by atoms with Gasteiger partial charge in [0.15, 0.2) is 12.1 Å². The maximum atomic E-state index is 13.6. The highest BCUT2D eigenvalue weighted by Gasteiger charge is 2.49. The number of amides is 1. The van der Waals surface area contributed by atoms with Gasteiger partial charge in [-0.3, -0.25) is 4.79 Å². The second kappa shape index (κ2) is 7.54. The van der Waals surface area contributed by atoms with Gasteiger partial charge in [0.2, 0.25) is 0 Å². The number of benzene rings is 1. The van der Waals surface area contributed by atoms with E-state index in [4.69, 9.17) is 5.73 Å². The van der Waals surface area contributed by atoms with Crippen LogP contribution < -0.4 is 10.7 Å². The smallest absolute Gasteiger partial charge is 0.382 e. The lowest BCUT2D eigenvalue weighted by Gasteiger charge is -2.32. The maximum absolute atomic E-state index is 13.6. The first-order chi connectivity index (χ1) is 14.3. The number of hydrogen-bond acceptors (Lipinski definition) is 5. The largest absolute Gasteiger partial charge is 0.411 e. The van der Waals surface area contributed by atoms with Gasteiger partial charge in [0.1, 0.15) is 5.54 Å². The molecule has 2 heterocycles. The van der Waals surface area contributed by atoms with Crippen LogP contribution in [-0.2, 0) is 10.3 Å². The number of nitrogens with two attached hydrogens (primary N) is 1. The number of alkyl halides is 3. The van der Waals surface area contributed by atoms with Gasteiger partial charge in [-0.05, 0) is 57.5 Å². The molecular formula is C21H23F3N4O3. The summed E-state index contributed by atoms with van der Waals surface area (Å²) in [5.41, 5.74) is 5.59. The van der Waals surface area contributed by atoms with E-state index >= 15 is 0 Å². The molecule has 0 aliphatic carbocycles. The lowest BCUT2D eigenvalue weighted by Crippen LogP contribution is -2.43. The average molecular weight is 436 g/mol. The molecule has 0 spiro atoms. The predicted molar refractivity (Wildman–Crippen MR) is 110 cm³/mol. The highest BCUT2D eigenvalue weighted by molar-refractivity contribution is 6.31. The van der Waals surface area contributed by atoms with Crippen LogP contribution in [0.2, 0.25) is 0 Å². The molecule has 1 aliphatic rings. The number of aliphatic hydroxyl groups is 2. The Morgan fingerprint density at radius 2 is 1.71 bits per heavy atom. The second-order valence-corrected chi connectivity index (χ2v) is 7.84. The number of hydrogen-bond donors (Lipinski definition) is 3. The summed E-state index contributed by atoms with van der Waals surface area (Å²) in [5, 5.41) is 23.5. The fourth-order valence-corrected chi connectivity index (χ4v) is 3.61. The van der Waals surface area contributed by atoms with Gasteiger partial charge in [-0.25, -0.2) is 0 Å². The van der Waals surface area contributed by atoms with Crippen molar-refractivity contribution in [3.63, 3.8) is 0 Å². The van der Waals surface area contributed by atoms with Crippen molar-refractivity contribution >= 4 is 23.5 Å².